The summed E-state index contributed by atoms with van der Waals surface area (Å²) in [5.41, 5.74) is 1.22. The van der Waals surface area contributed by atoms with Gasteiger partial charge in [0.1, 0.15) is 24.4 Å². The van der Waals surface area contributed by atoms with Gasteiger partial charge in [0, 0.05) is 31.6 Å². The first-order valence-electron chi connectivity index (χ1n) is 12.5. The SMILES string of the molecule is CC(=O)SC[C@@H](C)C(=O)N1CCC[C@H]1C(=O)N[C@@H](Cc1ccccc1)C(=O)Oc1cccc(CO[N+](=O)[O-])c1. The highest BCUT2D eigenvalue weighted by Gasteiger charge is 2.37. The van der Waals surface area contributed by atoms with Gasteiger partial charge in [0.25, 0.3) is 5.09 Å². The van der Waals surface area contributed by atoms with Crippen LogP contribution in [0.15, 0.2) is 54.6 Å². The number of benzene rings is 2. The lowest BCUT2D eigenvalue weighted by Gasteiger charge is -2.28. The quantitative estimate of drug-likeness (QED) is 0.180. The average Bonchev–Trinajstić information content (AvgIpc) is 3.40. The van der Waals surface area contributed by atoms with Gasteiger partial charge in [-0.25, -0.2) is 4.79 Å². The minimum atomic E-state index is -1.05. The molecule has 0 aliphatic carbocycles. The van der Waals surface area contributed by atoms with Gasteiger partial charge in [0.05, 0.1) is 0 Å². The van der Waals surface area contributed by atoms with E-state index in [4.69, 9.17) is 4.74 Å². The van der Waals surface area contributed by atoms with Crippen molar-refractivity contribution in [3.05, 3.63) is 75.8 Å². The zero-order valence-electron chi connectivity index (χ0n) is 21.7. The minimum Gasteiger partial charge on any atom is -0.425 e. The number of likely N-dealkylation sites (tertiary alicyclic amines) is 1. The first-order chi connectivity index (χ1) is 18.6. The van der Waals surface area contributed by atoms with Crippen LogP contribution in [0.5, 0.6) is 5.75 Å². The van der Waals surface area contributed by atoms with Crippen LogP contribution in [0.25, 0.3) is 0 Å². The smallest absolute Gasteiger partial charge is 0.334 e. The summed E-state index contributed by atoms with van der Waals surface area (Å²) in [6, 6.07) is 13.4. The van der Waals surface area contributed by atoms with Gasteiger partial charge in [-0.1, -0.05) is 61.2 Å². The Morgan fingerprint density at radius 3 is 2.54 bits per heavy atom. The fourth-order valence-electron chi connectivity index (χ4n) is 4.22. The third kappa shape index (κ3) is 9.10. The molecule has 0 aromatic heterocycles. The van der Waals surface area contributed by atoms with E-state index in [9.17, 15) is 29.3 Å². The average molecular weight is 558 g/mol. The Morgan fingerprint density at radius 1 is 1.13 bits per heavy atom. The molecule has 2 aromatic rings. The lowest BCUT2D eigenvalue weighted by atomic mass is 10.0. The van der Waals surface area contributed by atoms with Crippen molar-refractivity contribution in [1.29, 1.82) is 0 Å². The van der Waals surface area contributed by atoms with E-state index in [1.165, 1.54) is 24.0 Å². The van der Waals surface area contributed by atoms with E-state index in [1.807, 2.05) is 30.3 Å². The summed E-state index contributed by atoms with van der Waals surface area (Å²) in [5.74, 6) is -1.36. The van der Waals surface area contributed by atoms with Gasteiger partial charge >= 0.3 is 5.97 Å². The molecule has 3 rings (SSSR count). The van der Waals surface area contributed by atoms with Crippen molar-refractivity contribution in [2.45, 2.75) is 51.8 Å². The van der Waals surface area contributed by atoms with E-state index in [0.717, 1.165) is 17.3 Å². The summed E-state index contributed by atoms with van der Waals surface area (Å²) >= 11 is 1.07. The molecule has 0 bridgehead atoms. The maximum absolute atomic E-state index is 13.4. The van der Waals surface area contributed by atoms with Crippen LogP contribution < -0.4 is 10.1 Å². The van der Waals surface area contributed by atoms with E-state index >= 15 is 0 Å². The Kier molecular flexibility index (Phi) is 10.9. The Bertz CT molecular complexity index is 1190. The fourth-order valence-corrected chi connectivity index (χ4v) is 4.85. The van der Waals surface area contributed by atoms with E-state index in [0.29, 0.717) is 30.7 Å². The number of hydrogen-bond acceptors (Lipinski definition) is 9. The number of hydrogen-bond donors (Lipinski definition) is 1. The zero-order valence-corrected chi connectivity index (χ0v) is 22.6. The molecule has 0 spiro atoms. The van der Waals surface area contributed by atoms with Gasteiger partial charge < -0.3 is 19.8 Å². The maximum atomic E-state index is 13.4. The molecule has 1 saturated heterocycles. The number of ether oxygens (including phenoxy) is 1. The molecule has 3 atom stereocenters. The van der Waals surface area contributed by atoms with Gasteiger partial charge in [0.2, 0.25) is 11.8 Å². The summed E-state index contributed by atoms with van der Waals surface area (Å²) in [6.45, 7) is 3.28. The zero-order chi connectivity index (χ0) is 28.4. The second-order valence-electron chi connectivity index (χ2n) is 9.21. The van der Waals surface area contributed by atoms with Crippen LogP contribution in [0.3, 0.4) is 0 Å². The number of rotatable bonds is 12. The van der Waals surface area contributed by atoms with Gasteiger partial charge in [-0.15, -0.1) is 10.1 Å². The lowest BCUT2D eigenvalue weighted by molar-refractivity contribution is -0.763. The molecule has 39 heavy (non-hydrogen) atoms. The standard InChI is InChI=1S/C27H31N3O8S/c1-18(17-39-19(2)31)26(33)29-13-7-12-24(29)25(32)28-23(15-20-8-4-3-5-9-20)27(34)38-22-11-6-10-21(14-22)16-37-30(35)36/h3-6,8-11,14,18,23-24H,7,12-13,15-17H2,1-2H3,(H,28,32)/t18-,23+,24+/m1/s1. The van der Waals surface area contributed by atoms with Crippen LogP contribution in [-0.4, -0.2) is 57.3 Å². The molecule has 12 heteroatoms. The fraction of sp³-hybridized carbons (Fsp3) is 0.407. The normalized spacial score (nSPS) is 16.2. The number of nitrogens with zero attached hydrogens (tertiary/aromatic N) is 2. The molecule has 2 aromatic carbocycles. The third-order valence-corrected chi connectivity index (χ3v) is 7.21. The number of amides is 2. The lowest BCUT2D eigenvalue weighted by Crippen LogP contribution is -2.53. The third-order valence-electron chi connectivity index (χ3n) is 6.13. The first-order valence-corrected chi connectivity index (χ1v) is 13.5. The van der Waals surface area contributed by atoms with Crippen molar-refractivity contribution in [2.24, 2.45) is 5.92 Å². The van der Waals surface area contributed by atoms with Crippen LogP contribution in [0.1, 0.15) is 37.8 Å². The van der Waals surface area contributed by atoms with Crippen LogP contribution in [-0.2, 0) is 37.0 Å². The van der Waals surface area contributed by atoms with Gasteiger partial charge in [-0.3, -0.25) is 14.4 Å². The Hall–Kier alpha value is -3.93. The van der Waals surface area contributed by atoms with Crippen LogP contribution >= 0.6 is 11.8 Å². The number of nitrogens with one attached hydrogen (secondary N) is 1. The van der Waals surface area contributed by atoms with Crippen LogP contribution in [0.2, 0.25) is 0 Å². The number of thioether (sulfide) groups is 1. The highest BCUT2D eigenvalue weighted by atomic mass is 32.2. The molecule has 11 nitrogen and oxygen atoms in total. The molecule has 1 fully saturated rings. The summed E-state index contributed by atoms with van der Waals surface area (Å²) in [7, 11) is 0. The van der Waals surface area contributed by atoms with Crippen molar-refractivity contribution in [3.8, 4) is 5.75 Å². The predicted molar refractivity (Wildman–Crippen MR) is 143 cm³/mol. The van der Waals surface area contributed by atoms with Gasteiger partial charge in [-0.2, -0.15) is 0 Å². The van der Waals surface area contributed by atoms with Crippen molar-refractivity contribution in [2.75, 3.05) is 12.3 Å². The van der Waals surface area contributed by atoms with E-state index < -0.39 is 35.0 Å². The monoisotopic (exact) mass is 557 g/mol. The van der Waals surface area contributed by atoms with Gasteiger partial charge in [-0.05, 0) is 36.1 Å². The largest absolute Gasteiger partial charge is 0.425 e. The van der Waals surface area contributed by atoms with Crippen molar-refractivity contribution in [1.82, 2.24) is 10.2 Å². The summed E-state index contributed by atoms with van der Waals surface area (Å²) in [4.78, 5) is 67.3. The molecule has 0 radical (unpaired) electrons. The Labute approximate surface area is 230 Å². The number of carbonyl (C=O) groups excluding carboxylic acids is 4. The molecule has 0 saturated carbocycles. The Morgan fingerprint density at radius 2 is 1.85 bits per heavy atom. The highest BCUT2D eigenvalue weighted by molar-refractivity contribution is 8.13. The predicted octanol–water partition coefficient (Wildman–Crippen LogP) is 2.93. The van der Waals surface area contributed by atoms with Gasteiger partial charge in [0.15, 0.2) is 5.12 Å². The second kappa shape index (κ2) is 14.3. The molecule has 1 aliphatic heterocycles. The van der Waals surface area contributed by atoms with Crippen molar-refractivity contribution >= 4 is 34.7 Å². The van der Waals surface area contributed by atoms with Crippen LogP contribution in [0, 0.1) is 16.0 Å². The molecule has 1 heterocycles. The Balaban J connectivity index is 1.73. The summed E-state index contributed by atoms with van der Waals surface area (Å²) in [6.07, 6.45) is 1.25. The van der Waals surface area contributed by atoms with Crippen LogP contribution in [0.4, 0.5) is 0 Å². The van der Waals surface area contributed by atoms with E-state index in [2.05, 4.69) is 10.2 Å². The molecule has 0 unspecified atom stereocenters. The summed E-state index contributed by atoms with van der Waals surface area (Å²) < 4.78 is 5.53. The molecule has 1 aliphatic rings. The van der Waals surface area contributed by atoms with Crippen molar-refractivity contribution < 1.29 is 33.8 Å². The molecule has 2 amide bonds. The molecule has 1 N–H and O–H groups in total. The highest BCUT2D eigenvalue weighted by Crippen LogP contribution is 2.23. The van der Waals surface area contributed by atoms with E-state index in [1.54, 1.807) is 19.1 Å². The molecular formula is C27H31N3O8S. The minimum absolute atomic E-state index is 0.0801. The second-order valence-corrected chi connectivity index (χ2v) is 10.4. The molecular weight excluding hydrogens is 526 g/mol. The molecule has 208 valence electrons. The topological polar surface area (TPSA) is 145 Å². The van der Waals surface area contributed by atoms with E-state index in [-0.39, 0.29) is 29.8 Å². The first kappa shape index (κ1) is 29.6. The number of carbonyl (C=O) groups is 4. The number of esters is 1. The maximum Gasteiger partial charge on any atom is 0.334 e. The summed E-state index contributed by atoms with van der Waals surface area (Å²) in [5, 5.41) is 12.3. The van der Waals surface area contributed by atoms with Crippen molar-refractivity contribution in [3.63, 3.8) is 0 Å².